The highest BCUT2D eigenvalue weighted by molar-refractivity contribution is 6.31. The largest absolute Gasteiger partial charge is 0.390 e. The maximum absolute atomic E-state index is 12.8. The van der Waals surface area contributed by atoms with E-state index in [1.165, 1.54) is 0 Å². The number of carbonyl (C=O) groups excluding carboxylic acids is 2. The zero-order valence-corrected chi connectivity index (χ0v) is 18.8. The number of amides is 2. The van der Waals surface area contributed by atoms with Crippen LogP contribution >= 0.6 is 23.2 Å². The Balaban J connectivity index is 1.39. The Morgan fingerprint density at radius 3 is 1.84 bits per heavy atom. The van der Waals surface area contributed by atoms with Crippen molar-refractivity contribution in [3.05, 3.63) is 69.7 Å². The Bertz CT molecular complexity index is 952. The number of β-amino-alcohol motifs (C(OH)–C–C–N with tert-alkyl or cyclic N) is 1. The van der Waals surface area contributed by atoms with E-state index in [0.717, 1.165) is 0 Å². The number of piperazine rings is 1. The van der Waals surface area contributed by atoms with Gasteiger partial charge in [-0.25, -0.2) is 0 Å². The van der Waals surface area contributed by atoms with Crippen molar-refractivity contribution in [3.63, 3.8) is 0 Å². The number of hydrogen-bond acceptors (Lipinski definition) is 4. The third-order valence-corrected chi connectivity index (χ3v) is 6.62. The van der Waals surface area contributed by atoms with Gasteiger partial charge in [0.2, 0.25) is 0 Å². The van der Waals surface area contributed by atoms with Crippen molar-refractivity contribution in [2.75, 3.05) is 32.7 Å². The normalized spacial score (nSPS) is 24.5. The molecule has 31 heavy (non-hydrogen) atoms. The Morgan fingerprint density at radius 1 is 0.806 bits per heavy atom. The number of rotatable bonds is 3. The lowest BCUT2D eigenvalue weighted by molar-refractivity contribution is 0.0117. The molecule has 2 unspecified atom stereocenters. The molecule has 0 radical (unpaired) electrons. The topological polar surface area (TPSA) is 64.1 Å². The number of aliphatic hydroxyl groups is 1. The number of hydrogen-bond donors (Lipinski definition) is 1. The molecule has 0 spiro atoms. The molecule has 8 heteroatoms. The van der Waals surface area contributed by atoms with Gasteiger partial charge >= 0.3 is 0 Å². The van der Waals surface area contributed by atoms with Crippen LogP contribution in [0.4, 0.5) is 0 Å². The molecule has 0 aliphatic carbocycles. The van der Waals surface area contributed by atoms with Crippen LogP contribution in [0.15, 0.2) is 48.5 Å². The van der Waals surface area contributed by atoms with E-state index in [2.05, 4.69) is 11.8 Å². The number of aliphatic hydroxyl groups excluding tert-OH is 1. The minimum atomic E-state index is -0.628. The van der Waals surface area contributed by atoms with Crippen LogP contribution in [0.1, 0.15) is 27.6 Å². The van der Waals surface area contributed by atoms with Crippen molar-refractivity contribution in [3.8, 4) is 0 Å². The van der Waals surface area contributed by atoms with Gasteiger partial charge in [-0.05, 0) is 55.5 Å². The summed E-state index contributed by atoms with van der Waals surface area (Å²) in [6.07, 6.45) is -0.628. The smallest absolute Gasteiger partial charge is 0.253 e. The quantitative estimate of drug-likeness (QED) is 0.762. The molecule has 2 aliphatic heterocycles. The molecule has 2 aromatic carbocycles. The standard InChI is InChI=1S/C23H25Cl2N3O3/c1-15-12-26(22(30)16-2-6-18(24)7-3-16)10-11-28(15)20-13-27(14-21(20)29)23(31)17-4-8-19(25)9-5-17/h2-9,15,20-21,29H,10-14H2,1H3/t15-,20?,21?/m1/s1. The second kappa shape index (κ2) is 9.17. The first-order valence-corrected chi connectivity index (χ1v) is 11.1. The monoisotopic (exact) mass is 461 g/mol. The van der Waals surface area contributed by atoms with Gasteiger partial charge in [-0.15, -0.1) is 0 Å². The summed E-state index contributed by atoms with van der Waals surface area (Å²) in [6, 6.07) is 13.6. The summed E-state index contributed by atoms with van der Waals surface area (Å²) in [5.74, 6) is -0.128. The second-order valence-corrected chi connectivity index (χ2v) is 9.07. The van der Waals surface area contributed by atoms with Crippen molar-refractivity contribution < 1.29 is 14.7 Å². The van der Waals surface area contributed by atoms with Crippen molar-refractivity contribution in [1.29, 1.82) is 0 Å². The van der Waals surface area contributed by atoms with E-state index in [4.69, 9.17) is 23.2 Å². The fraction of sp³-hybridized carbons (Fsp3) is 0.391. The second-order valence-electron chi connectivity index (χ2n) is 8.20. The van der Waals surface area contributed by atoms with Crippen LogP contribution in [0.3, 0.4) is 0 Å². The summed E-state index contributed by atoms with van der Waals surface area (Å²) in [4.78, 5) is 31.4. The van der Waals surface area contributed by atoms with Crippen LogP contribution < -0.4 is 0 Å². The first-order chi connectivity index (χ1) is 14.8. The molecule has 4 rings (SSSR count). The predicted octanol–water partition coefficient (Wildman–Crippen LogP) is 3.03. The van der Waals surface area contributed by atoms with Gasteiger partial charge in [0.15, 0.2) is 0 Å². The van der Waals surface area contributed by atoms with E-state index in [1.54, 1.807) is 53.4 Å². The molecule has 3 atom stereocenters. The molecule has 0 bridgehead atoms. The lowest BCUT2D eigenvalue weighted by atomic mass is 10.1. The molecule has 2 aliphatic rings. The summed E-state index contributed by atoms with van der Waals surface area (Å²) in [7, 11) is 0. The fourth-order valence-electron chi connectivity index (χ4n) is 4.46. The fourth-order valence-corrected chi connectivity index (χ4v) is 4.71. The number of carbonyl (C=O) groups is 2. The van der Waals surface area contributed by atoms with Crippen molar-refractivity contribution in [2.24, 2.45) is 0 Å². The van der Waals surface area contributed by atoms with Gasteiger partial charge in [-0.1, -0.05) is 23.2 Å². The maximum Gasteiger partial charge on any atom is 0.253 e. The van der Waals surface area contributed by atoms with Crippen LogP contribution in [0.2, 0.25) is 10.0 Å². The molecule has 2 heterocycles. The molecule has 164 valence electrons. The zero-order chi connectivity index (χ0) is 22.1. The van der Waals surface area contributed by atoms with Gasteiger partial charge in [-0.2, -0.15) is 0 Å². The Hall–Kier alpha value is -2.12. The van der Waals surface area contributed by atoms with E-state index in [1.807, 2.05) is 4.90 Å². The van der Waals surface area contributed by atoms with E-state index < -0.39 is 6.10 Å². The average molecular weight is 462 g/mol. The molecule has 0 saturated carbocycles. The molecular formula is C23H25Cl2N3O3. The Kier molecular flexibility index (Phi) is 6.53. The van der Waals surface area contributed by atoms with Crippen LogP contribution in [-0.4, -0.2) is 82.5 Å². The zero-order valence-electron chi connectivity index (χ0n) is 17.2. The van der Waals surface area contributed by atoms with Crippen LogP contribution in [0.5, 0.6) is 0 Å². The minimum absolute atomic E-state index is 0.0188. The highest BCUT2D eigenvalue weighted by atomic mass is 35.5. The summed E-state index contributed by atoms with van der Waals surface area (Å²) in [6.45, 7) is 4.58. The molecule has 2 saturated heterocycles. The molecule has 2 amide bonds. The average Bonchev–Trinajstić information content (AvgIpc) is 3.15. The Labute approximate surface area is 191 Å². The molecule has 1 N–H and O–H groups in total. The third kappa shape index (κ3) is 4.72. The summed E-state index contributed by atoms with van der Waals surface area (Å²) >= 11 is 11.8. The van der Waals surface area contributed by atoms with Gasteiger partial charge in [0.25, 0.3) is 11.8 Å². The summed E-state index contributed by atoms with van der Waals surface area (Å²) in [5.41, 5.74) is 1.18. The first kappa shape index (κ1) is 22.1. The molecule has 6 nitrogen and oxygen atoms in total. The lowest BCUT2D eigenvalue weighted by Gasteiger charge is -2.43. The number of benzene rings is 2. The van der Waals surface area contributed by atoms with E-state index in [9.17, 15) is 14.7 Å². The maximum atomic E-state index is 12.8. The van der Waals surface area contributed by atoms with Gasteiger partial charge < -0.3 is 14.9 Å². The van der Waals surface area contributed by atoms with Crippen molar-refractivity contribution in [1.82, 2.24) is 14.7 Å². The van der Waals surface area contributed by atoms with Crippen molar-refractivity contribution >= 4 is 35.0 Å². The predicted molar refractivity (Wildman–Crippen MR) is 121 cm³/mol. The van der Waals surface area contributed by atoms with Gasteiger partial charge in [0.1, 0.15) is 0 Å². The molecule has 2 aromatic rings. The van der Waals surface area contributed by atoms with Gasteiger partial charge in [0, 0.05) is 59.9 Å². The summed E-state index contributed by atoms with van der Waals surface area (Å²) < 4.78 is 0. The van der Waals surface area contributed by atoms with Gasteiger partial charge in [-0.3, -0.25) is 14.5 Å². The third-order valence-electron chi connectivity index (χ3n) is 6.12. The summed E-state index contributed by atoms with van der Waals surface area (Å²) in [5, 5.41) is 11.9. The van der Waals surface area contributed by atoms with Crippen LogP contribution in [0.25, 0.3) is 0 Å². The highest BCUT2D eigenvalue weighted by Crippen LogP contribution is 2.24. The number of likely N-dealkylation sites (tertiary alicyclic amines) is 1. The molecule has 2 fully saturated rings. The SMILES string of the molecule is C[C@@H]1CN(C(=O)c2ccc(Cl)cc2)CCN1C1CN(C(=O)c2ccc(Cl)cc2)CC1O. The molecular weight excluding hydrogens is 437 g/mol. The van der Waals surface area contributed by atoms with Crippen LogP contribution in [0, 0.1) is 0 Å². The Morgan fingerprint density at radius 2 is 1.32 bits per heavy atom. The van der Waals surface area contributed by atoms with E-state index in [-0.39, 0.29) is 23.9 Å². The van der Waals surface area contributed by atoms with Crippen LogP contribution in [-0.2, 0) is 0 Å². The van der Waals surface area contributed by atoms with E-state index in [0.29, 0.717) is 53.9 Å². The molecule has 0 aromatic heterocycles. The highest BCUT2D eigenvalue weighted by Gasteiger charge is 2.41. The van der Waals surface area contributed by atoms with E-state index >= 15 is 0 Å². The van der Waals surface area contributed by atoms with Gasteiger partial charge in [0.05, 0.1) is 12.1 Å². The lowest BCUT2D eigenvalue weighted by Crippen LogP contribution is -2.59. The van der Waals surface area contributed by atoms with Crippen molar-refractivity contribution in [2.45, 2.75) is 25.1 Å². The first-order valence-electron chi connectivity index (χ1n) is 10.4. The number of halogens is 2. The minimum Gasteiger partial charge on any atom is -0.390 e. The number of nitrogens with zero attached hydrogens (tertiary/aromatic N) is 3.